The number of aromatic nitrogens is 1. The van der Waals surface area contributed by atoms with Crippen LogP contribution in [0.15, 0.2) is 12.1 Å². The molecule has 1 aliphatic heterocycles. The van der Waals surface area contributed by atoms with Crippen molar-refractivity contribution in [3.8, 4) is 0 Å². The zero-order chi connectivity index (χ0) is 12.1. The Hall–Kier alpha value is -0.840. The molecule has 1 aromatic rings. The van der Waals surface area contributed by atoms with Gasteiger partial charge in [-0.3, -0.25) is 0 Å². The van der Waals surface area contributed by atoms with Crippen molar-refractivity contribution in [2.75, 3.05) is 32.2 Å². The van der Waals surface area contributed by atoms with E-state index in [1.54, 1.807) is 0 Å². The van der Waals surface area contributed by atoms with Gasteiger partial charge < -0.3 is 14.8 Å². The second-order valence-corrected chi connectivity index (χ2v) is 4.53. The molecule has 0 aromatic carbocycles. The highest BCUT2D eigenvalue weighted by Crippen LogP contribution is 2.18. The molecule has 2 rings (SSSR count). The van der Waals surface area contributed by atoms with Gasteiger partial charge in [0.2, 0.25) is 0 Å². The molecule has 1 aromatic heterocycles. The van der Waals surface area contributed by atoms with Crippen molar-refractivity contribution in [2.24, 2.45) is 5.92 Å². The summed E-state index contributed by atoms with van der Waals surface area (Å²) < 4.78 is 10.9. The van der Waals surface area contributed by atoms with Gasteiger partial charge in [-0.1, -0.05) is 11.6 Å². The number of anilines is 1. The first kappa shape index (κ1) is 12.6. The van der Waals surface area contributed by atoms with Crippen molar-refractivity contribution in [2.45, 2.75) is 13.0 Å². The Morgan fingerprint density at radius 2 is 2.47 bits per heavy atom. The zero-order valence-electron chi connectivity index (χ0n) is 9.91. The third-order valence-corrected chi connectivity index (χ3v) is 3.14. The molecule has 17 heavy (non-hydrogen) atoms. The fourth-order valence-corrected chi connectivity index (χ4v) is 1.92. The van der Waals surface area contributed by atoms with Crippen molar-refractivity contribution in [3.05, 3.63) is 22.8 Å². The SMILES string of the molecule is CNc1ccc(Cl)c(COCC2CCOC2)n1. The quantitative estimate of drug-likeness (QED) is 0.878. The van der Waals surface area contributed by atoms with Crippen LogP contribution in [0.2, 0.25) is 5.02 Å². The van der Waals surface area contributed by atoms with Gasteiger partial charge >= 0.3 is 0 Å². The lowest BCUT2D eigenvalue weighted by Crippen LogP contribution is -2.10. The summed E-state index contributed by atoms with van der Waals surface area (Å²) >= 11 is 6.05. The van der Waals surface area contributed by atoms with Gasteiger partial charge in [0.05, 0.1) is 30.5 Å². The minimum Gasteiger partial charge on any atom is -0.381 e. The third-order valence-electron chi connectivity index (χ3n) is 2.79. The molecular weight excluding hydrogens is 240 g/mol. The number of hydrogen-bond acceptors (Lipinski definition) is 4. The maximum absolute atomic E-state index is 6.05. The van der Waals surface area contributed by atoms with Gasteiger partial charge in [0.25, 0.3) is 0 Å². The Morgan fingerprint density at radius 3 is 3.18 bits per heavy atom. The van der Waals surface area contributed by atoms with E-state index in [0.29, 0.717) is 24.2 Å². The number of pyridine rings is 1. The molecule has 1 aliphatic rings. The molecule has 1 saturated heterocycles. The van der Waals surface area contributed by atoms with Gasteiger partial charge in [0.15, 0.2) is 0 Å². The molecule has 0 radical (unpaired) electrons. The molecule has 1 atom stereocenters. The van der Waals surface area contributed by atoms with Crippen LogP contribution in [0.1, 0.15) is 12.1 Å². The van der Waals surface area contributed by atoms with Crippen molar-refractivity contribution in [1.82, 2.24) is 4.98 Å². The van der Waals surface area contributed by atoms with E-state index in [1.807, 2.05) is 19.2 Å². The normalized spacial score (nSPS) is 19.5. The van der Waals surface area contributed by atoms with Crippen LogP contribution in [0.3, 0.4) is 0 Å². The van der Waals surface area contributed by atoms with E-state index in [-0.39, 0.29) is 0 Å². The molecule has 94 valence electrons. The summed E-state index contributed by atoms with van der Waals surface area (Å²) in [6.07, 6.45) is 1.08. The highest BCUT2D eigenvalue weighted by molar-refractivity contribution is 6.31. The van der Waals surface area contributed by atoms with Crippen LogP contribution >= 0.6 is 11.6 Å². The van der Waals surface area contributed by atoms with E-state index in [2.05, 4.69) is 10.3 Å². The zero-order valence-corrected chi connectivity index (χ0v) is 10.7. The van der Waals surface area contributed by atoms with Crippen LogP contribution in [0.25, 0.3) is 0 Å². The topological polar surface area (TPSA) is 43.4 Å². The lowest BCUT2D eigenvalue weighted by atomic mass is 10.1. The smallest absolute Gasteiger partial charge is 0.126 e. The Morgan fingerprint density at radius 1 is 1.59 bits per heavy atom. The average molecular weight is 257 g/mol. The Balaban J connectivity index is 1.84. The first-order chi connectivity index (χ1) is 8.29. The van der Waals surface area contributed by atoms with E-state index >= 15 is 0 Å². The van der Waals surface area contributed by atoms with Gasteiger partial charge in [-0.05, 0) is 18.6 Å². The fraction of sp³-hybridized carbons (Fsp3) is 0.583. The van der Waals surface area contributed by atoms with E-state index in [1.165, 1.54) is 0 Å². The molecule has 0 bridgehead atoms. The second kappa shape index (κ2) is 6.19. The third kappa shape index (κ3) is 3.56. The Kier molecular flexibility index (Phi) is 4.59. The van der Waals surface area contributed by atoms with Gasteiger partial charge in [-0.15, -0.1) is 0 Å². The fourth-order valence-electron chi connectivity index (χ4n) is 1.76. The van der Waals surface area contributed by atoms with Gasteiger partial charge in [-0.2, -0.15) is 0 Å². The van der Waals surface area contributed by atoms with Crippen LogP contribution < -0.4 is 5.32 Å². The number of rotatable bonds is 5. The summed E-state index contributed by atoms with van der Waals surface area (Å²) in [7, 11) is 1.83. The maximum Gasteiger partial charge on any atom is 0.126 e. The molecule has 1 unspecified atom stereocenters. The van der Waals surface area contributed by atoms with E-state index in [0.717, 1.165) is 31.1 Å². The number of nitrogens with one attached hydrogen (secondary N) is 1. The molecule has 0 aliphatic carbocycles. The van der Waals surface area contributed by atoms with Crippen LogP contribution in [0.4, 0.5) is 5.82 Å². The minimum atomic E-state index is 0.449. The standard InChI is InChI=1S/C12H17ClN2O2/c1-14-12-3-2-10(13)11(15-12)8-17-7-9-4-5-16-6-9/h2-3,9H,4-8H2,1H3,(H,14,15). The molecule has 1 fully saturated rings. The molecule has 5 heteroatoms. The first-order valence-electron chi connectivity index (χ1n) is 5.78. The predicted octanol–water partition coefficient (Wildman–Crippen LogP) is 2.33. The maximum atomic E-state index is 6.05. The summed E-state index contributed by atoms with van der Waals surface area (Å²) in [5, 5.41) is 3.63. The molecule has 2 heterocycles. The largest absolute Gasteiger partial charge is 0.381 e. The van der Waals surface area contributed by atoms with Crippen molar-refractivity contribution < 1.29 is 9.47 Å². The number of nitrogens with zero attached hydrogens (tertiary/aromatic N) is 1. The van der Waals surface area contributed by atoms with Crippen molar-refractivity contribution in [3.63, 3.8) is 0 Å². The lowest BCUT2D eigenvalue weighted by molar-refractivity contribution is 0.0774. The van der Waals surface area contributed by atoms with Gasteiger partial charge in [0.1, 0.15) is 5.82 Å². The van der Waals surface area contributed by atoms with Crippen LogP contribution in [0, 0.1) is 5.92 Å². The molecule has 1 N–H and O–H groups in total. The average Bonchev–Trinajstić information content (AvgIpc) is 2.84. The lowest BCUT2D eigenvalue weighted by Gasteiger charge is -2.10. The van der Waals surface area contributed by atoms with Crippen LogP contribution in [-0.4, -0.2) is 31.9 Å². The second-order valence-electron chi connectivity index (χ2n) is 4.12. The first-order valence-corrected chi connectivity index (χ1v) is 6.16. The van der Waals surface area contributed by atoms with Crippen molar-refractivity contribution in [1.29, 1.82) is 0 Å². The Bertz CT molecular complexity index is 368. The van der Waals surface area contributed by atoms with Crippen LogP contribution in [-0.2, 0) is 16.1 Å². The summed E-state index contributed by atoms with van der Waals surface area (Å²) in [4.78, 5) is 4.36. The molecule has 0 spiro atoms. The number of ether oxygens (including phenoxy) is 2. The number of hydrogen-bond donors (Lipinski definition) is 1. The van der Waals surface area contributed by atoms with Crippen LogP contribution in [0.5, 0.6) is 0 Å². The van der Waals surface area contributed by atoms with E-state index < -0.39 is 0 Å². The highest BCUT2D eigenvalue weighted by atomic mass is 35.5. The summed E-state index contributed by atoms with van der Waals surface area (Å²) in [5.74, 6) is 1.32. The molecule has 4 nitrogen and oxygen atoms in total. The van der Waals surface area contributed by atoms with Gasteiger partial charge in [0, 0.05) is 19.6 Å². The van der Waals surface area contributed by atoms with Gasteiger partial charge in [-0.25, -0.2) is 4.98 Å². The Labute approximate surface area is 106 Å². The monoisotopic (exact) mass is 256 g/mol. The van der Waals surface area contributed by atoms with E-state index in [4.69, 9.17) is 21.1 Å². The highest BCUT2D eigenvalue weighted by Gasteiger charge is 2.15. The summed E-state index contributed by atoms with van der Waals surface area (Å²) in [6.45, 7) is 2.81. The number of halogens is 1. The predicted molar refractivity (Wildman–Crippen MR) is 67.4 cm³/mol. The molecule has 0 amide bonds. The summed E-state index contributed by atoms with van der Waals surface area (Å²) in [6, 6.07) is 3.68. The minimum absolute atomic E-state index is 0.449. The van der Waals surface area contributed by atoms with E-state index in [9.17, 15) is 0 Å². The molecule has 0 saturated carbocycles. The van der Waals surface area contributed by atoms with Crippen molar-refractivity contribution >= 4 is 17.4 Å². The molecular formula is C12H17ClN2O2. The summed E-state index contributed by atoms with van der Waals surface area (Å²) in [5.41, 5.74) is 0.775.